The normalized spacial score (nSPS) is 12.8. The molecule has 0 aliphatic heterocycles. The minimum atomic E-state index is 0.272. The molecule has 2 aromatic heterocycles. The van der Waals surface area contributed by atoms with Gasteiger partial charge in [-0.15, -0.1) is 0 Å². The SMILES string of the molecule is CCc1cc(CC(NC)c2ccoc2CC)n(C)n1. The summed E-state index contributed by atoms with van der Waals surface area (Å²) in [4.78, 5) is 0. The van der Waals surface area contributed by atoms with Gasteiger partial charge in [-0.05, 0) is 25.6 Å². The summed E-state index contributed by atoms with van der Waals surface area (Å²) in [5.74, 6) is 1.07. The van der Waals surface area contributed by atoms with Gasteiger partial charge in [0.1, 0.15) is 5.76 Å². The van der Waals surface area contributed by atoms with Crippen LogP contribution in [0, 0.1) is 0 Å². The average Bonchev–Trinajstić information content (AvgIpc) is 3.02. The number of nitrogens with one attached hydrogen (secondary N) is 1. The summed E-state index contributed by atoms with van der Waals surface area (Å²) in [5.41, 5.74) is 3.65. The van der Waals surface area contributed by atoms with E-state index in [9.17, 15) is 0 Å². The number of nitrogens with zero attached hydrogens (tertiary/aromatic N) is 2. The second-order valence-corrected chi connectivity index (χ2v) is 4.80. The molecule has 1 N–H and O–H groups in total. The first-order chi connectivity index (χ1) is 9.19. The van der Waals surface area contributed by atoms with Crippen LogP contribution in [0.3, 0.4) is 0 Å². The molecule has 19 heavy (non-hydrogen) atoms. The molecule has 1 atom stereocenters. The van der Waals surface area contributed by atoms with Crippen LogP contribution in [0.1, 0.15) is 42.6 Å². The number of likely N-dealkylation sites (N-methyl/N-ethyl adjacent to an activating group) is 1. The number of rotatable bonds is 6. The molecule has 0 aromatic carbocycles. The highest BCUT2D eigenvalue weighted by molar-refractivity contribution is 5.24. The molecule has 1 unspecified atom stereocenters. The van der Waals surface area contributed by atoms with Gasteiger partial charge in [0.25, 0.3) is 0 Å². The second kappa shape index (κ2) is 6.06. The Morgan fingerprint density at radius 1 is 1.37 bits per heavy atom. The van der Waals surface area contributed by atoms with Crippen LogP contribution in [-0.4, -0.2) is 16.8 Å². The Morgan fingerprint density at radius 2 is 2.16 bits per heavy atom. The zero-order valence-corrected chi connectivity index (χ0v) is 12.2. The van der Waals surface area contributed by atoms with Crippen molar-refractivity contribution in [2.75, 3.05) is 7.05 Å². The average molecular weight is 261 g/mol. The van der Waals surface area contributed by atoms with Crippen LogP contribution in [0.15, 0.2) is 22.8 Å². The molecule has 0 aliphatic carbocycles. The third-order valence-corrected chi connectivity index (χ3v) is 3.63. The van der Waals surface area contributed by atoms with Crippen LogP contribution >= 0.6 is 0 Å². The summed E-state index contributed by atoms with van der Waals surface area (Å²) in [5, 5.41) is 7.89. The summed E-state index contributed by atoms with van der Waals surface area (Å²) in [6.07, 6.45) is 4.60. The predicted octanol–water partition coefficient (Wildman–Crippen LogP) is 2.64. The minimum absolute atomic E-state index is 0.272. The van der Waals surface area contributed by atoms with Gasteiger partial charge >= 0.3 is 0 Å². The van der Waals surface area contributed by atoms with E-state index in [1.54, 1.807) is 6.26 Å². The van der Waals surface area contributed by atoms with Gasteiger partial charge in [-0.3, -0.25) is 4.68 Å². The van der Waals surface area contributed by atoms with Crippen molar-refractivity contribution in [1.29, 1.82) is 0 Å². The van der Waals surface area contributed by atoms with Gasteiger partial charge < -0.3 is 9.73 Å². The van der Waals surface area contributed by atoms with Crippen molar-refractivity contribution in [2.24, 2.45) is 7.05 Å². The van der Waals surface area contributed by atoms with Crippen LogP contribution in [-0.2, 0) is 26.3 Å². The van der Waals surface area contributed by atoms with Crippen LogP contribution in [0.25, 0.3) is 0 Å². The molecular formula is C15H23N3O. The van der Waals surface area contributed by atoms with Crippen molar-refractivity contribution >= 4 is 0 Å². The van der Waals surface area contributed by atoms with E-state index in [1.807, 2.05) is 18.8 Å². The topological polar surface area (TPSA) is 43.0 Å². The lowest BCUT2D eigenvalue weighted by atomic mass is 10.0. The van der Waals surface area contributed by atoms with Gasteiger partial charge in [0.15, 0.2) is 0 Å². The quantitative estimate of drug-likeness (QED) is 0.869. The van der Waals surface area contributed by atoms with Crippen LogP contribution in [0.2, 0.25) is 0 Å². The van der Waals surface area contributed by atoms with E-state index in [0.717, 1.165) is 30.7 Å². The summed E-state index contributed by atoms with van der Waals surface area (Å²) in [6, 6.07) is 4.53. The molecule has 2 aromatic rings. The fourth-order valence-electron chi connectivity index (χ4n) is 2.46. The maximum absolute atomic E-state index is 5.53. The van der Waals surface area contributed by atoms with E-state index in [2.05, 4.69) is 36.4 Å². The third-order valence-electron chi connectivity index (χ3n) is 3.63. The molecule has 104 valence electrons. The van der Waals surface area contributed by atoms with Crippen LogP contribution in [0.5, 0.6) is 0 Å². The number of hydrogen-bond donors (Lipinski definition) is 1. The Labute approximate surface area is 114 Å². The standard InChI is InChI=1S/C15H23N3O/c1-5-11-9-12(18(4)17-11)10-14(16-3)13-7-8-19-15(13)6-2/h7-9,14,16H,5-6,10H2,1-4H3. The Morgan fingerprint density at radius 3 is 2.74 bits per heavy atom. The lowest BCUT2D eigenvalue weighted by Gasteiger charge is -2.16. The molecule has 0 saturated carbocycles. The molecule has 0 spiro atoms. The van der Waals surface area contributed by atoms with Gasteiger partial charge in [-0.2, -0.15) is 5.10 Å². The molecule has 0 amide bonds. The van der Waals surface area contributed by atoms with E-state index >= 15 is 0 Å². The van der Waals surface area contributed by atoms with Gasteiger partial charge in [0.05, 0.1) is 12.0 Å². The summed E-state index contributed by atoms with van der Waals surface area (Å²) in [6.45, 7) is 4.25. The number of hydrogen-bond acceptors (Lipinski definition) is 3. The van der Waals surface area contributed by atoms with E-state index in [-0.39, 0.29) is 6.04 Å². The van der Waals surface area contributed by atoms with Crippen molar-refractivity contribution in [3.8, 4) is 0 Å². The number of aryl methyl sites for hydroxylation is 3. The van der Waals surface area contributed by atoms with Crippen LogP contribution in [0.4, 0.5) is 0 Å². The van der Waals surface area contributed by atoms with Crippen LogP contribution < -0.4 is 5.32 Å². The second-order valence-electron chi connectivity index (χ2n) is 4.80. The zero-order chi connectivity index (χ0) is 13.8. The Bertz CT molecular complexity index is 527. The lowest BCUT2D eigenvalue weighted by molar-refractivity contribution is 0.491. The van der Waals surface area contributed by atoms with E-state index in [0.29, 0.717) is 0 Å². The summed E-state index contributed by atoms with van der Waals surface area (Å²) in [7, 11) is 4.01. The van der Waals surface area contributed by atoms with Gasteiger partial charge in [-0.25, -0.2) is 0 Å². The van der Waals surface area contributed by atoms with Crippen molar-refractivity contribution in [3.63, 3.8) is 0 Å². The lowest BCUT2D eigenvalue weighted by Crippen LogP contribution is -2.20. The fraction of sp³-hybridized carbons (Fsp3) is 0.533. The molecule has 4 heteroatoms. The predicted molar refractivity (Wildman–Crippen MR) is 76.2 cm³/mol. The van der Waals surface area contributed by atoms with Gasteiger partial charge in [0, 0.05) is 37.2 Å². The maximum atomic E-state index is 5.53. The van der Waals surface area contributed by atoms with Crippen molar-refractivity contribution in [2.45, 2.75) is 39.2 Å². The Hall–Kier alpha value is -1.55. The highest BCUT2D eigenvalue weighted by Crippen LogP contribution is 2.23. The largest absolute Gasteiger partial charge is 0.469 e. The summed E-state index contributed by atoms with van der Waals surface area (Å²) < 4.78 is 7.51. The number of furan rings is 1. The Balaban J connectivity index is 2.21. The zero-order valence-electron chi connectivity index (χ0n) is 12.2. The molecule has 0 bridgehead atoms. The number of aromatic nitrogens is 2. The van der Waals surface area contributed by atoms with Crippen molar-refractivity contribution in [3.05, 3.63) is 41.1 Å². The maximum Gasteiger partial charge on any atom is 0.108 e. The van der Waals surface area contributed by atoms with Gasteiger partial charge in [0.2, 0.25) is 0 Å². The monoisotopic (exact) mass is 261 g/mol. The first-order valence-corrected chi connectivity index (χ1v) is 6.94. The van der Waals surface area contributed by atoms with Gasteiger partial charge in [-0.1, -0.05) is 13.8 Å². The Kier molecular flexibility index (Phi) is 4.43. The van der Waals surface area contributed by atoms with Crippen molar-refractivity contribution in [1.82, 2.24) is 15.1 Å². The smallest absolute Gasteiger partial charge is 0.108 e. The van der Waals surface area contributed by atoms with Crippen molar-refractivity contribution < 1.29 is 4.42 Å². The summed E-state index contributed by atoms with van der Waals surface area (Å²) >= 11 is 0. The molecule has 0 aliphatic rings. The third kappa shape index (κ3) is 2.89. The first kappa shape index (κ1) is 13.9. The molecule has 0 fully saturated rings. The molecule has 0 saturated heterocycles. The molecule has 2 heterocycles. The molecule has 4 nitrogen and oxygen atoms in total. The van der Waals surface area contributed by atoms with E-state index in [1.165, 1.54) is 11.3 Å². The molecule has 0 radical (unpaired) electrons. The highest BCUT2D eigenvalue weighted by Gasteiger charge is 2.18. The minimum Gasteiger partial charge on any atom is -0.469 e. The van der Waals surface area contributed by atoms with E-state index < -0.39 is 0 Å². The van der Waals surface area contributed by atoms with E-state index in [4.69, 9.17) is 4.42 Å². The fourth-order valence-corrected chi connectivity index (χ4v) is 2.46. The highest BCUT2D eigenvalue weighted by atomic mass is 16.3. The molecular weight excluding hydrogens is 238 g/mol. The first-order valence-electron chi connectivity index (χ1n) is 6.94. The molecule has 2 rings (SSSR count).